The minimum Gasteiger partial charge on any atom is -0.275 e. The molecular formula is C7H10FN3O2. The van der Waals surface area contributed by atoms with Gasteiger partial charge in [0.1, 0.15) is 18.1 Å². The van der Waals surface area contributed by atoms with Gasteiger partial charge in [-0.2, -0.15) is 5.10 Å². The molecule has 0 radical (unpaired) electrons. The van der Waals surface area contributed by atoms with E-state index >= 15 is 0 Å². The summed E-state index contributed by atoms with van der Waals surface area (Å²) in [7, 11) is 0. The molecule has 13 heavy (non-hydrogen) atoms. The van der Waals surface area contributed by atoms with Gasteiger partial charge in [-0.3, -0.25) is 15.2 Å². The van der Waals surface area contributed by atoms with Crippen molar-refractivity contribution in [2.75, 3.05) is 0 Å². The summed E-state index contributed by atoms with van der Waals surface area (Å²) in [6.45, 7) is 1.69. The van der Waals surface area contributed by atoms with Crippen LogP contribution < -0.4 is 0 Å². The largest absolute Gasteiger partial charge is 0.309 e. The Balaban J connectivity index is 2.76. The van der Waals surface area contributed by atoms with Crippen molar-refractivity contribution in [2.24, 2.45) is 0 Å². The third-order valence-corrected chi connectivity index (χ3v) is 1.76. The van der Waals surface area contributed by atoms with Crippen molar-refractivity contribution in [3.63, 3.8) is 0 Å². The maximum Gasteiger partial charge on any atom is 0.309 e. The first-order valence-corrected chi connectivity index (χ1v) is 3.95. The molecule has 1 aromatic heterocycles. The number of aromatic nitrogens is 2. The number of halogens is 1. The van der Waals surface area contributed by atoms with Crippen LogP contribution in [-0.4, -0.2) is 21.3 Å². The first-order chi connectivity index (χ1) is 6.15. The Morgan fingerprint density at radius 3 is 3.08 bits per heavy atom. The number of alkyl halides is 1. The summed E-state index contributed by atoms with van der Waals surface area (Å²) >= 11 is 0. The third kappa shape index (κ3) is 2.24. The van der Waals surface area contributed by atoms with Gasteiger partial charge in [0, 0.05) is 6.42 Å². The molecule has 1 N–H and O–H groups in total. The number of nitrogens with zero attached hydrogens (tertiary/aromatic N) is 2. The van der Waals surface area contributed by atoms with Gasteiger partial charge in [0.15, 0.2) is 0 Å². The average molecular weight is 187 g/mol. The smallest absolute Gasteiger partial charge is 0.275 e. The monoisotopic (exact) mass is 187 g/mol. The van der Waals surface area contributed by atoms with E-state index in [4.69, 9.17) is 0 Å². The fourth-order valence-corrected chi connectivity index (χ4v) is 0.980. The van der Waals surface area contributed by atoms with Gasteiger partial charge in [-0.05, 0) is 6.42 Å². The topological polar surface area (TPSA) is 71.8 Å². The van der Waals surface area contributed by atoms with Crippen molar-refractivity contribution >= 4 is 5.69 Å². The molecule has 0 aliphatic heterocycles. The Hall–Kier alpha value is -1.46. The Bertz CT molecular complexity index is 300. The molecule has 6 heteroatoms. The summed E-state index contributed by atoms with van der Waals surface area (Å²) in [6, 6.07) is 0. The highest BCUT2D eigenvalue weighted by Gasteiger charge is 2.18. The van der Waals surface area contributed by atoms with E-state index in [9.17, 15) is 14.5 Å². The number of aromatic amines is 1. The Morgan fingerprint density at radius 1 is 1.85 bits per heavy atom. The van der Waals surface area contributed by atoms with Gasteiger partial charge in [0.2, 0.25) is 0 Å². The highest BCUT2D eigenvalue weighted by molar-refractivity contribution is 5.32. The van der Waals surface area contributed by atoms with Crippen LogP contribution in [0.15, 0.2) is 6.20 Å². The molecule has 1 unspecified atom stereocenters. The zero-order chi connectivity index (χ0) is 9.84. The van der Waals surface area contributed by atoms with E-state index in [0.29, 0.717) is 6.42 Å². The van der Waals surface area contributed by atoms with Crippen LogP contribution in [0.25, 0.3) is 0 Å². The SMILES string of the molecule is CCC(F)Cc1[nH]ncc1[N+](=O)[O-]. The quantitative estimate of drug-likeness (QED) is 0.574. The number of hydrogen-bond acceptors (Lipinski definition) is 3. The zero-order valence-corrected chi connectivity index (χ0v) is 7.16. The fraction of sp³-hybridized carbons (Fsp3) is 0.571. The fourth-order valence-electron chi connectivity index (χ4n) is 0.980. The molecule has 0 bridgehead atoms. The van der Waals surface area contributed by atoms with Gasteiger partial charge < -0.3 is 0 Å². The van der Waals surface area contributed by atoms with E-state index in [1.54, 1.807) is 6.92 Å². The summed E-state index contributed by atoms with van der Waals surface area (Å²) in [5, 5.41) is 16.3. The zero-order valence-electron chi connectivity index (χ0n) is 7.16. The summed E-state index contributed by atoms with van der Waals surface area (Å²) in [6.07, 6.45) is 0.403. The van der Waals surface area contributed by atoms with Gasteiger partial charge in [-0.15, -0.1) is 0 Å². The molecule has 0 aliphatic rings. The Kier molecular flexibility index (Phi) is 2.94. The minimum atomic E-state index is -1.06. The lowest BCUT2D eigenvalue weighted by atomic mass is 10.1. The molecule has 0 spiro atoms. The molecule has 0 fully saturated rings. The van der Waals surface area contributed by atoms with Crippen LogP contribution in [0.2, 0.25) is 0 Å². The second kappa shape index (κ2) is 3.97. The highest BCUT2D eigenvalue weighted by atomic mass is 19.1. The summed E-state index contributed by atoms with van der Waals surface area (Å²) < 4.78 is 12.9. The molecule has 0 saturated heterocycles. The average Bonchev–Trinajstić information content (AvgIpc) is 2.52. The van der Waals surface area contributed by atoms with Crippen molar-refractivity contribution in [3.8, 4) is 0 Å². The molecule has 1 aromatic rings. The Labute approximate surface area is 74.1 Å². The molecule has 0 saturated carbocycles. The summed E-state index contributed by atoms with van der Waals surface area (Å²) in [5.41, 5.74) is 0.107. The van der Waals surface area contributed by atoms with E-state index in [0.717, 1.165) is 6.20 Å². The first kappa shape index (κ1) is 9.63. The summed E-state index contributed by atoms with van der Waals surface area (Å²) in [4.78, 5) is 9.81. The van der Waals surface area contributed by atoms with Crippen LogP contribution in [0.4, 0.5) is 10.1 Å². The number of H-pyrrole nitrogens is 1. The van der Waals surface area contributed by atoms with Crippen molar-refractivity contribution in [1.29, 1.82) is 0 Å². The van der Waals surface area contributed by atoms with Crippen molar-refractivity contribution in [3.05, 3.63) is 22.0 Å². The molecule has 1 atom stereocenters. The van der Waals surface area contributed by atoms with E-state index in [2.05, 4.69) is 10.2 Å². The van der Waals surface area contributed by atoms with E-state index < -0.39 is 11.1 Å². The molecule has 72 valence electrons. The highest BCUT2D eigenvalue weighted by Crippen LogP contribution is 2.17. The number of nitro groups is 1. The van der Waals surface area contributed by atoms with Crippen molar-refractivity contribution in [1.82, 2.24) is 10.2 Å². The van der Waals surface area contributed by atoms with Crippen molar-refractivity contribution in [2.45, 2.75) is 25.9 Å². The van der Waals surface area contributed by atoms with Gasteiger partial charge >= 0.3 is 5.69 Å². The van der Waals surface area contributed by atoms with Crippen LogP contribution in [0.1, 0.15) is 19.0 Å². The maximum absolute atomic E-state index is 12.9. The van der Waals surface area contributed by atoms with E-state index in [1.165, 1.54) is 0 Å². The molecule has 1 heterocycles. The molecule has 1 rings (SSSR count). The van der Waals surface area contributed by atoms with E-state index in [1.807, 2.05) is 0 Å². The summed E-state index contributed by atoms with van der Waals surface area (Å²) in [5.74, 6) is 0. The van der Waals surface area contributed by atoms with Crippen LogP contribution in [0, 0.1) is 10.1 Å². The maximum atomic E-state index is 12.9. The van der Waals surface area contributed by atoms with Crippen molar-refractivity contribution < 1.29 is 9.31 Å². The predicted molar refractivity (Wildman–Crippen MR) is 44.1 cm³/mol. The number of rotatable bonds is 4. The molecule has 5 nitrogen and oxygen atoms in total. The van der Waals surface area contributed by atoms with E-state index in [-0.39, 0.29) is 17.8 Å². The van der Waals surface area contributed by atoms with Crippen LogP contribution in [-0.2, 0) is 6.42 Å². The lowest BCUT2D eigenvalue weighted by Crippen LogP contribution is -2.05. The predicted octanol–water partition coefficient (Wildman–Crippen LogP) is 1.61. The van der Waals surface area contributed by atoms with Crippen LogP contribution in [0.3, 0.4) is 0 Å². The van der Waals surface area contributed by atoms with Gasteiger partial charge in [0.25, 0.3) is 0 Å². The minimum absolute atomic E-state index is 0.0206. The van der Waals surface area contributed by atoms with Gasteiger partial charge in [-0.1, -0.05) is 6.92 Å². The van der Waals surface area contributed by atoms with Crippen LogP contribution in [0.5, 0.6) is 0 Å². The third-order valence-electron chi connectivity index (χ3n) is 1.76. The second-order valence-corrected chi connectivity index (χ2v) is 2.70. The lowest BCUT2D eigenvalue weighted by Gasteiger charge is -2.01. The van der Waals surface area contributed by atoms with Gasteiger partial charge in [-0.25, -0.2) is 4.39 Å². The standard InChI is InChI=1S/C7H10FN3O2/c1-2-5(8)3-6-7(11(12)13)4-9-10-6/h4-5H,2-3H2,1H3,(H,9,10). The number of nitrogens with one attached hydrogen (secondary N) is 1. The Morgan fingerprint density at radius 2 is 2.54 bits per heavy atom. The second-order valence-electron chi connectivity index (χ2n) is 2.70. The van der Waals surface area contributed by atoms with Gasteiger partial charge in [0.05, 0.1) is 4.92 Å². The molecule has 0 aromatic carbocycles. The van der Waals surface area contributed by atoms with Crippen LogP contribution >= 0.6 is 0 Å². The normalized spacial score (nSPS) is 12.8. The number of hydrogen-bond donors (Lipinski definition) is 1. The molecule has 0 aliphatic carbocycles. The molecule has 0 amide bonds. The lowest BCUT2D eigenvalue weighted by molar-refractivity contribution is -0.385. The molecular weight excluding hydrogens is 177 g/mol. The first-order valence-electron chi connectivity index (χ1n) is 3.95.